The average molecular weight is 246 g/mol. The van der Waals surface area contributed by atoms with E-state index >= 15 is 0 Å². The Balaban J connectivity index is 3.74. The Morgan fingerprint density at radius 3 is 2.47 bits per heavy atom. The van der Waals surface area contributed by atoms with Crippen molar-refractivity contribution < 1.29 is 14.3 Å². The van der Waals surface area contributed by atoms with E-state index in [4.69, 9.17) is 15.2 Å². The molecule has 0 radical (unpaired) electrons. The molecule has 1 unspecified atom stereocenters. The smallest absolute Gasteiger partial charge is 0.237 e. The number of hydrogen-bond acceptors (Lipinski definition) is 4. The quantitative estimate of drug-likeness (QED) is 0.551. The Hall–Kier alpha value is -0.650. The highest BCUT2D eigenvalue weighted by atomic mass is 16.5. The molecule has 0 bridgehead atoms. The van der Waals surface area contributed by atoms with Gasteiger partial charge >= 0.3 is 0 Å². The summed E-state index contributed by atoms with van der Waals surface area (Å²) in [6.07, 6.45) is 0.847. The minimum Gasteiger partial charge on any atom is -0.382 e. The fourth-order valence-electron chi connectivity index (χ4n) is 1.34. The zero-order chi connectivity index (χ0) is 13.3. The number of rotatable bonds is 10. The summed E-state index contributed by atoms with van der Waals surface area (Å²) in [6, 6.07) is 0. The van der Waals surface area contributed by atoms with Gasteiger partial charge in [-0.1, -0.05) is 13.8 Å². The Morgan fingerprint density at radius 2 is 2.00 bits per heavy atom. The van der Waals surface area contributed by atoms with Gasteiger partial charge in [-0.3, -0.25) is 4.79 Å². The molecule has 0 rings (SSSR count). The predicted octanol–water partition coefficient (Wildman–Crippen LogP) is 0.529. The number of carbonyl (C=O) groups excluding carboxylic acids is 1. The molecule has 0 aromatic carbocycles. The molecule has 0 heterocycles. The predicted molar refractivity (Wildman–Crippen MR) is 67.8 cm³/mol. The summed E-state index contributed by atoms with van der Waals surface area (Å²) in [5.74, 6) is -0.151. The van der Waals surface area contributed by atoms with E-state index in [0.29, 0.717) is 26.4 Å². The Morgan fingerprint density at radius 1 is 1.35 bits per heavy atom. The SMILES string of the molecule is COCCOCCCNC(C)(C(N)=O)C(C)C. The molecule has 102 valence electrons. The zero-order valence-electron chi connectivity index (χ0n) is 11.4. The maximum Gasteiger partial charge on any atom is 0.237 e. The molecule has 0 spiro atoms. The van der Waals surface area contributed by atoms with Crippen LogP contribution in [0, 0.1) is 5.92 Å². The van der Waals surface area contributed by atoms with Gasteiger partial charge in [0.2, 0.25) is 5.91 Å². The minimum atomic E-state index is -0.646. The topological polar surface area (TPSA) is 73.6 Å². The van der Waals surface area contributed by atoms with E-state index in [1.54, 1.807) is 7.11 Å². The first kappa shape index (κ1) is 16.4. The summed E-state index contributed by atoms with van der Waals surface area (Å²) < 4.78 is 10.2. The van der Waals surface area contributed by atoms with E-state index < -0.39 is 5.54 Å². The van der Waals surface area contributed by atoms with Crippen LogP contribution in [0.5, 0.6) is 0 Å². The second kappa shape index (κ2) is 8.44. The lowest BCUT2D eigenvalue weighted by Crippen LogP contribution is -2.57. The minimum absolute atomic E-state index is 0.161. The molecule has 0 aromatic rings. The summed E-state index contributed by atoms with van der Waals surface area (Å²) in [7, 11) is 1.64. The first-order valence-corrected chi connectivity index (χ1v) is 6.06. The third-order valence-electron chi connectivity index (χ3n) is 3.06. The Labute approximate surface area is 104 Å². The van der Waals surface area contributed by atoms with Gasteiger partial charge in [0.15, 0.2) is 0 Å². The van der Waals surface area contributed by atoms with Crippen molar-refractivity contribution >= 4 is 5.91 Å². The van der Waals surface area contributed by atoms with Crippen molar-refractivity contribution in [2.24, 2.45) is 11.7 Å². The van der Waals surface area contributed by atoms with Gasteiger partial charge in [-0.05, 0) is 25.8 Å². The van der Waals surface area contributed by atoms with Crippen molar-refractivity contribution in [2.45, 2.75) is 32.7 Å². The third kappa shape index (κ3) is 6.00. The normalized spacial score (nSPS) is 14.9. The number of nitrogens with two attached hydrogens (primary N) is 1. The lowest BCUT2D eigenvalue weighted by molar-refractivity contribution is -0.125. The van der Waals surface area contributed by atoms with Crippen molar-refractivity contribution in [3.05, 3.63) is 0 Å². The summed E-state index contributed by atoms with van der Waals surface area (Å²) in [6.45, 7) is 8.38. The number of carbonyl (C=O) groups is 1. The highest BCUT2D eigenvalue weighted by Crippen LogP contribution is 2.15. The fourth-order valence-corrected chi connectivity index (χ4v) is 1.34. The van der Waals surface area contributed by atoms with Crippen LogP contribution < -0.4 is 11.1 Å². The average Bonchev–Trinajstić information content (AvgIpc) is 2.27. The van der Waals surface area contributed by atoms with Crippen LogP contribution in [0.25, 0.3) is 0 Å². The molecule has 0 aromatic heterocycles. The standard InChI is InChI=1S/C12H26N2O3/c1-10(2)12(3,11(13)15)14-6-5-7-17-9-8-16-4/h10,14H,5-9H2,1-4H3,(H2,13,15). The van der Waals surface area contributed by atoms with Gasteiger partial charge in [-0.15, -0.1) is 0 Å². The molecule has 3 N–H and O–H groups in total. The largest absolute Gasteiger partial charge is 0.382 e. The summed E-state index contributed by atoms with van der Waals surface area (Å²) in [4.78, 5) is 11.4. The number of primary amides is 1. The number of amides is 1. The van der Waals surface area contributed by atoms with E-state index in [1.807, 2.05) is 20.8 Å². The van der Waals surface area contributed by atoms with E-state index in [9.17, 15) is 4.79 Å². The molecule has 1 atom stereocenters. The third-order valence-corrected chi connectivity index (χ3v) is 3.06. The number of methoxy groups -OCH3 is 1. The lowest BCUT2D eigenvalue weighted by atomic mass is 9.87. The van der Waals surface area contributed by atoms with Gasteiger partial charge in [0.25, 0.3) is 0 Å². The van der Waals surface area contributed by atoms with Crippen LogP contribution in [0.4, 0.5) is 0 Å². The summed E-state index contributed by atoms with van der Waals surface area (Å²) >= 11 is 0. The molecule has 0 aliphatic heterocycles. The van der Waals surface area contributed by atoms with Gasteiger partial charge in [0.05, 0.1) is 18.8 Å². The second-order valence-electron chi connectivity index (χ2n) is 4.61. The monoisotopic (exact) mass is 246 g/mol. The molecule has 0 saturated heterocycles. The van der Waals surface area contributed by atoms with E-state index in [2.05, 4.69) is 5.32 Å². The van der Waals surface area contributed by atoms with Crippen molar-refractivity contribution in [1.29, 1.82) is 0 Å². The number of ether oxygens (including phenoxy) is 2. The number of nitrogens with one attached hydrogen (secondary N) is 1. The Bertz CT molecular complexity index is 222. The molecular formula is C12H26N2O3. The molecule has 0 saturated carbocycles. The highest BCUT2D eigenvalue weighted by Gasteiger charge is 2.33. The maximum absolute atomic E-state index is 11.4. The van der Waals surface area contributed by atoms with E-state index in [1.165, 1.54) is 0 Å². The van der Waals surface area contributed by atoms with Crippen molar-refractivity contribution in [2.75, 3.05) is 33.5 Å². The van der Waals surface area contributed by atoms with Gasteiger partial charge in [-0.2, -0.15) is 0 Å². The zero-order valence-corrected chi connectivity index (χ0v) is 11.4. The van der Waals surface area contributed by atoms with Crippen LogP contribution in [0.15, 0.2) is 0 Å². The van der Waals surface area contributed by atoms with E-state index in [-0.39, 0.29) is 11.8 Å². The molecule has 0 fully saturated rings. The molecular weight excluding hydrogens is 220 g/mol. The molecule has 0 aliphatic rings. The summed E-state index contributed by atoms with van der Waals surface area (Å²) in [5, 5.41) is 3.20. The van der Waals surface area contributed by atoms with Crippen LogP contribution in [-0.2, 0) is 14.3 Å². The molecule has 5 nitrogen and oxygen atoms in total. The van der Waals surface area contributed by atoms with Gasteiger partial charge in [-0.25, -0.2) is 0 Å². The van der Waals surface area contributed by atoms with E-state index in [0.717, 1.165) is 6.42 Å². The van der Waals surface area contributed by atoms with Crippen LogP contribution in [0.3, 0.4) is 0 Å². The van der Waals surface area contributed by atoms with Crippen LogP contribution in [0.1, 0.15) is 27.2 Å². The first-order valence-electron chi connectivity index (χ1n) is 6.06. The van der Waals surface area contributed by atoms with Crippen molar-refractivity contribution in [3.63, 3.8) is 0 Å². The second-order valence-corrected chi connectivity index (χ2v) is 4.61. The molecule has 5 heteroatoms. The van der Waals surface area contributed by atoms with Crippen molar-refractivity contribution in [1.82, 2.24) is 5.32 Å². The van der Waals surface area contributed by atoms with Gasteiger partial charge in [0, 0.05) is 13.7 Å². The van der Waals surface area contributed by atoms with Gasteiger partial charge in [0.1, 0.15) is 0 Å². The first-order chi connectivity index (χ1) is 7.95. The molecule has 17 heavy (non-hydrogen) atoms. The Kier molecular flexibility index (Phi) is 8.12. The number of hydrogen-bond donors (Lipinski definition) is 2. The molecule has 1 amide bonds. The maximum atomic E-state index is 11.4. The highest BCUT2D eigenvalue weighted by molar-refractivity contribution is 5.84. The lowest BCUT2D eigenvalue weighted by Gasteiger charge is -2.31. The molecule has 0 aliphatic carbocycles. The summed E-state index contributed by atoms with van der Waals surface area (Å²) in [5.41, 5.74) is 4.76. The van der Waals surface area contributed by atoms with Crippen LogP contribution >= 0.6 is 0 Å². The van der Waals surface area contributed by atoms with Crippen molar-refractivity contribution in [3.8, 4) is 0 Å². The van der Waals surface area contributed by atoms with Gasteiger partial charge < -0.3 is 20.5 Å². The fraction of sp³-hybridized carbons (Fsp3) is 0.917. The van der Waals surface area contributed by atoms with Crippen LogP contribution in [0.2, 0.25) is 0 Å². The van der Waals surface area contributed by atoms with Crippen LogP contribution in [-0.4, -0.2) is 44.9 Å².